The van der Waals surface area contributed by atoms with Crippen LogP contribution < -0.4 is 5.73 Å². The van der Waals surface area contributed by atoms with Gasteiger partial charge in [-0.05, 0) is 19.1 Å². The maximum atomic E-state index is 11.5. The number of halogens is 1. The van der Waals surface area contributed by atoms with Crippen LogP contribution in [0, 0.1) is 11.3 Å². The maximum Gasteiger partial charge on any atom is 0.339 e. The van der Waals surface area contributed by atoms with E-state index in [-0.39, 0.29) is 23.7 Å². The minimum Gasteiger partial charge on any atom is -0.462 e. The van der Waals surface area contributed by atoms with Gasteiger partial charge in [-0.3, -0.25) is 0 Å². The summed E-state index contributed by atoms with van der Waals surface area (Å²) in [5.74, 6) is -0.508. The zero-order chi connectivity index (χ0) is 12.1. The summed E-state index contributed by atoms with van der Waals surface area (Å²) in [6, 6.07) is 4.95. The van der Waals surface area contributed by atoms with Crippen molar-refractivity contribution in [2.75, 3.05) is 6.61 Å². The molecule has 0 aliphatic heterocycles. The van der Waals surface area contributed by atoms with Gasteiger partial charge in [0.1, 0.15) is 0 Å². The number of carbonyl (C=O) groups excluding carboxylic acids is 1. The van der Waals surface area contributed by atoms with E-state index in [9.17, 15) is 4.79 Å². The summed E-state index contributed by atoms with van der Waals surface area (Å²) in [4.78, 5) is 11.5. The number of hydrogen-bond acceptors (Lipinski definition) is 4. The van der Waals surface area contributed by atoms with Crippen LogP contribution >= 0.6 is 11.6 Å². The second-order valence-electron chi connectivity index (χ2n) is 2.99. The van der Waals surface area contributed by atoms with Crippen LogP contribution in [0.1, 0.15) is 28.4 Å². The first-order valence-electron chi connectivity index (χ1n) is 4.74. The second kappa shape index (κ2) is 5.50. The molecule has 0 heterocycles. The molecule has 2 N–H and O–H groups in total. The smallest absolute Gasteiger partial charge is 0.339 e. The number of hydrogen-bond donors (Lipinski definition) is 1. The van der Waals surface area contributed by atoms with Gasteiger partial charge in [-0.25, -0.2) is 4.79 Å². The molecule has 1 aromatic rings. The summed E-state index contributed by atoms with van der Waals surface area (Å²) in [6.07, 6.45) is 0. The van der Waals surface area contributed by atoms with E-state index in [0.717, 1.165) is 0 Å². The van der Waals surface area contributed by atoms with Crippen molar-refractivity contribution in [1.82, 2.24) is 0 Å². The van der Waals surface area contributed by atoms with Crippen molar-refractivity contribution in [3.63, 3.8) is 0 Å². The Balaban J connectivity index is 3.25. The third kappa shape index (κ3) is 2.32. The molecule has 0 aliphatic carbocycles. The van der Waals surface area contributed by atoms with Crippen molar-refractivity contribution < 1.29 is 9.53 Å². The second-order valence-corrected chi connectivity index (χ2v) is 3.37. The topological polar surface area (TPSA) is 76.1 Å². The lowest BCUT2D eigenvalue weighted by molar-refractivity contribution is 0.0526. The Bertz CT molecular complexity index is 452. The first kappa shape index (κ1) is 12.5. The van der Waals surface area contributed by atoms with E-state index in [0.29, 0.717) is 11.1 Å². The molecule has 0 bridgehead atoms. The van der Waals surface area contributed by atoms with Crippen molar-refractivity contribution in [3.8, 4) is 6.07 Å². The maximum absolute atomic E-state index is 11.5. The number of esters is 1. The number of rotatable bonds is 3. The lowest BCUT2D eigenvalue weighted by Gasteiger charge is -2.08. The van der Waals surface area contributed by atoms with Gasteiger partial charge in [-0.1, -0.05) is 11.6 Å². The molecule has 0 spiro atoms. The number of carbonyl (C=O) groups is 1. The van der Waals surface area contributed by atoms with Crippen LogP contribution in [-0.4, -0.2) is 12.6 Å². The summed E-state index contributed by atoms with van der Waals surface area (Å²) in [5, 5.41) is 9.02. The Morgan fingerprint density at radius 2 is 2.31 bits per heavy atom. The lowest BCUT2D eigenvalue weighted by atomic mass is 10.0. The lowest BCUT2D eigenvalue weighted by Crippen LogP contribution is -2.09. The molecular weight excluding hydrogens is 228 g/mol. The number of nitriles is 1. The van der Waals surface area contributed by atoms with Crippen molar-refractivity contribution in [2.45, 2.75) is 13.5 Å². The predicted octanol–water partition coefficient (Wildman–Crippen LogP) is 1.85. The van der Waals surface area contributed by atoms with Gasteiger partial charge < -0.3 is 10.5 Å². The van der Waals surface area contributed by atoms with Gasteiger partial charge in [0.2, 0.25) is 0 Å². The van der Waals surface area contributed by atoms with Gasteiger partial charge in [0, 0.05) is 12.1 Å². The predicted molar refractivity (Wildman–Crippen MR) is 60.0 cm³/mol. The monoisotopic (exact) mass is 238 g/mol. The highest BCUT2D eigenvalue weighted by molar-refractivity contribution is 6.34. The fraction of sp³-hybridized carbons (Fsp3) is 0.273. The molecule has 84 valence electrons. The first-order chi connectivity index (χ1) is 7.65. The molecule has 4 nitrogen and oxygen atoms in total. The minimum absolute atomic E-state index is 0.106. The number of nitrogens with zero attached hydrogens (tertiary/aromatic N) is 1. The zero-order valence-electron chi connectivity index (χ0n) is 8.79. The third-order valence-corrected chi connectivity index (χ3v) is 2.49. The fourth-order valence-electron chi connectivity index (χ4n) is 1.29. The quantitative estimate of drug-likeness (QED) is 0.816. The molecule has 1 aromatic carbocycles. The highest BCUT2D eigenvalue weighted by Gasteiger charge is 2.16. The molecule has 0 fully saturated rings. The molecule has 16 heavy (non-hydrogen) atoms. The largest absolute Gasteiger partial charge is 0.462 e. The Morgan fingerprint density at radius 3 is 2.81 bits per heavy atom. The Labute approximate surface area is 98.6 Å². The average Bonchev–Trinajstić information content (AvgIpc) is 2.28. The number of benzene rings is 1. The molecule has 0 saturated carbocycles. The minimum atomic E-state index is -0.508. The van der Waals surface area contributed by atoms with Crippen LogP contribution in [0.15, 0.2) is 12.1 Å². The molecule has 0 aromatic heterocycles. The van der Waals surface area contributed by atoms with E-state index in [2.05, 4.69) is 0 Å². The van der Waals surface area contributed by atoms with E-state index < -0.39 is 5.97 Å². The fourth-order valence-corrected chi connectivity index (χ4v) is 1.61. The molecule has 5 heteroatoms. The van der Waals surface area contributed by atoms with Crippen LogP contribution in [0.25, 0.3) is 0 Å². The Kier molecular flexibility index (Phi) is 4.29. The van der Waals surface area contributed by atoms with Crippen LogP contribution in [0.3, 0.4) is 0 Å². The van der Waals surface area contributed by atoms with Crippen LogP contribution in [-0.2, 0) is 11.3 Å². The zero-order valence-corrected chi connectivity index (χ0v) is 9.54. The summed E-state index contributed by atoms with van der Waals surface area (Å²) >= 11 is 5.99. The summed E-state index contributed by atoms with van der Waals surface area (Å²) in [5.41, 5.74) is 6.56. The van der Waals surface area contributed by atoms with E-state index in [1.54, 1.807) is 6.92 Å². The van der Waals surface area contributed by atoms with Gasteiger partial charge in [-0.2, -0.15) is 5.26 Å². The Hall–Kier alpha value is -1.57. The van der Waals surface area contributed by atoms with E-state index >= 15 is 0 Å². The van der Waals surface area contributed by atoms with E-state index in [4.69, 9.17) is 27.3 Å². The average molecular weight is 239 g/mol. The number of nitrogens with two attached hydrogens (primary N) is 1. The highest BCUT2D eigenvalue weighted by atomic mass is 35.5. The Morgan fingerprint density at radius 1 is 1.62 bits per heavy atom. The van der Waals surface area contributed by atoms with E-state index in [1.807, 2.05) is 6.07 Å². The molecule has 0 saturated heterocycles. The van der Waals surface area contributed by atoms with Crippen molar-refractivity contribution in [3.05, 3.63) is 33.8 Å². The van der Waals surface area contributed by atoms with Gasteiger partial charge in [0.05, 0.1) is 28.8 Å². The highest BCUT2D eigenvalue weighted by Crippen LogP contribution is 2.24. The van der Waals surface area contributed by atoms with Crippen LogP contribution in [0.4, 0.5) is 0 Å². The van der Waals surface area contributed by atoms with Gasteiger partial charge in [-0.15, -0.1) is 0 Å². The van der Waals surface area contributed by atoms with Crippen LogP contribution in [0.2, 0.25) is 5.02 Å². The molecule has 0 aliphatic rings. The van der Waals surface area contributed by atoms with Crippen LogP contribution in [0.5, 0.6) is 0 Å². The van der Waals surface area contributed by atoms with E-state index in [1.165, 1.54) is 12.1 Å². The molecule has 0 atom stereocenters. The summed E-state index contributed by atoms with van der Waals surface area (Å²) in [7, 11) is 0. The summed E-state index contributed by atoms with van der Waals surface area (Å²) in [6.45, 7) is 2.08. The van der Waals surface area contributed by atoms with Crippen molar-refractivity contribution in [1.29, 1.82) is 5.26 Å². The molecule has 0 unspecified atom stereocenters. The van der Waals surface area contributed by atoms with Crippen molar-refractivity contribution in [2.24, 2.45) is 5.73 Å². The molecule has 0 amide bonds. The first-order valence-corrected chi connectivity index (χ1v) is 5.12. The summed E-state index contributed by atoms with van der Waals surface area (Å²) < 4.78 is 4.83. The molecule has 0 radical (unpaired) electrons. The SMILES string of the molecule is CCOC(=O)c1ccc(C#N)c(CN)c1Cl. The third-order valence-electron chi connectivity index (χ3n) is 2.06. The van der Waals surface area contributed by atoms with Gasteiger partial charge in [0.15, 0.2) is 0 Å². The van der Waals surface area contributed by atoms with Gasteiger partial charge in [0.25, 0.3) is 0 Å². The standard InChI is InChI=1S/C11H11ClN2O2/c1-2-16-11(15)8-4-3-7(5-13)9(6-14)10(8)12/h3-4H,2,6,14H2,1H3. The van der Waals surface area contributed by atoms with Crippen molar-refractivity contribution >= 4 is 17.6 Å². The normalized spacial score (nSPS) is 9.62. The molecule has 1 rings (SSSR count). The van der Waals surface area contributed by atoms with Gasteiger partial charge >= 0.3 is 5.97 Å². The molecular formula is C11H11ClN2O2. The number of ether oxygens (including phenoxy) is 1.